The first kappa shape index (κ1) is 15.3. The predicted molar refractivity (Wildman–Crippen MR) is 84.8 cm³/mol. The van der Waals surface area contributed by atoms with Crippen LogP contribution in [0.25, 0.3) is 0 Å². The van der Waals surface area contributed by atoms with Crippen molar-refractivity contribution in [2.75, 3.05) is 17.2 Å². The fourth-order valence-electron chi connectivity index (χ4n) is 1.65. The minimum absolute atomic E-state index is 0.252. The molecule has 1 aromatic heterocycles. The van der Waals surface area contributed by atoms with E-state index in [0.29, 0.717) is 22.2 Å². The largest absolute Gasteiger partial charge is 0.354 e. The third-order valence-electron chi connectivity index (χ3n) is 2.83. The number of nitrogens with one attached hydrogen (secondary N) is 2. The van der Waals surface area contributed by atoms with Crippen LogP contribution in [-0.4, -0.2) is 22.4 Å². The zero-order valence-corrected chi connectivity index (χ0v) is 12.5. The Hall–Kier alpha value is -2.14. The molecule has 1 heterocycles. The monoisotopic (exact) mass is 304 g/mol. The number of hydrogen-bond donors (Lipinski definition) is 2. The van der Waals surface area contributed by atoms with Crippen molar-refractivity contribution < 1.29 is 4.79 Å². The fraction of sp³-hybridized carbons (Fsp3) is 0.267. The molecule has 0 saturated heterocycles. The van der Waals surface area contributed by atoms with E-state index in [0.717, 1.165) is 19.4 Å². The molecule has 2 rings (SSSR count). The van der Waals surface area contributed by atoms with E-state index in [4.69, 9.17) is 11.6 Å². The molecular formula is C15H17ClN4O. The molecule has 0 fully saturated rings. The van der Waals surface area contributed by atoms with Gasteiger partial charge in [0.1, 0.15) is 0 Å². The third-order valence-corrected chi connectivity index (χ3v) is 3.08. The SMILES string of the molecule is CCCCNc1ncc(C(=O)Nc2ccc(Cl)cc2)cn1. The highest BCUT2D eigenvalue weighted by Crippen LogP contribution is 2.14. The molecule has 0 unspecified atom stereocenters. The molecule has 110 valence electrons. The number of aromatic nitrogens is 2. The average molecular weight is 305 g/mol. The van der Waals surface area contributed by atoms with Crippen molar-refractivity contribution in [2.24, 2.45) is 0 Å². The highest BCUT2D eigenvalue weighted by molar-refractivity contribution is 6.30. The molecule has 2 aromatic rings. The molecule has 1 amide bonds. The summed E-state index contributed by atoms with van der Waals surface area (Å²) in [5.41, 5.74) is 1.08. The van der Waals surface area contributed by atoms with Crippen LogP contribution in [0, 0.1) is 0 Å². The Morgan fingerprint density at radius 2 is 1.86 bits per heavy atom. The molecule has 0 saturated carbocycles. The predicted octanol–water partition coefficient (Wildman–Crippen LogP) is 3.59. The third kappa shape index (κ3) is 4.72. The number of amides is 1. The van der Waals surface area contributed by atoms with Crippen molar-refractivity contribution in [3.63, 3.8) is 0 Å². The molecular weight excluding hydrogens is 288 g/mol. The normalized spacial score (nSPS) is 10.2. The molecule has 0 radical (unpaired) electrons. The van der Waals surface area contributed by atoms with Crippen LogP contribution in [0.4, 0.5) is 11.6 Å². The molecule has 0 bridgehead atoms. The molecule has 6 heteroatoms. The lowest BCUT2D eigenvalue weighted by molar-refractivity contribution is 0.102. The lowest BCUT2D eigenvalue weighted by Crippen LogP contribution is -2.13. The Labute approximate surface area is 128 Å². The van der Waals surface area contributed by atoms with Gasteiger partial charge in [-0.1, -0.05) is 24.9 Å². The maximum absolute atomic E-state index is 12.0. The minimum atomic E-state index is -0.252. The van der Waals surface area contributed by atoms with Gasteiger partial charge >= 0.3 is 0 Å². The summed E-state index contributed by atoms with van der Waals surface area (Å²) in [6, 6.07) is 6.91. The van der Waals surface area contributed by atoms with Gasteiger partial charge in [0.05, 0.1) is 5.56 Å². The van der Waals surface area contributed by atoms with Crippen LogP contribution in [0.3, 0.4) is 0 Å². The van der Waals surface area contributed by atoms with Crippen molar-refractivity contribution in [3.05, 3.63) is 47.2 Å². The molecule has 0 aliphatic rings. The molecule has 2 N–H and O–H groups in total. The van der Waals surface area contributed by atoms with Gasteiger partial charge in [0.2, 0.25) is 5.95 Å². The van der Waals surface area contributed by atoms with Gasteiger partial charge in [-0.3, -0.25) is 4.79 Å². The summed E-state index contributed by atoms with van der Waals surface area (Å²) in [5, 5.41) is 6.48. The standard InChI is InChI=1S/C15H17ClN4O/c1-2-3-8-17-15-18-9-11(10-19-15)14(21)20-13-6-4-12(16)5-7-13/h4-7,9-10H,2-3,8H2,1H3,(H,20,21)(H,17,18,19). The highest BCUT2D eigenvalue weighted by atomic mass is 35.5. The molecule has 0 aliphatic carbocycles. The minimum Gasteiger partial charge on any atom is -0.354 e. The van der Waals surface area contributed by atoms with Crippen LogP contribution in [0.1, 0.15) is 30.1 Å². The molecule has 21 heavy (non-hydrogen) atoms. The summed E-state index contributed by atoms with van der Waals surface area (Å²) in [6.45, 7) is 2.94. The van der Waals surface area contributed by atoms with Gasteiger partial charge in [-0.2, -0.15) is 0 Å². The van der Waals surface area contributed by atoms with E-state index in [1.54, 1.807) is 24.3 Å². The lowest BCUT2D eigenvalue weighted by Gasteiger charge is -2.06. The van der Waals surface area contributed by atoms with Crippen LogP contribution in [0.15, 0.2) is 36.7 Å². The second kappa shape index (κ2) is 7.59. The topological polar surface area (TPSA) is 66.9 Å². The van der Waals surface area contributed by atoms with Crippen LogP contribution >= 0.6 is 11.6 Å². The molecule has 0 spiro atoms. The van der Waals surface area contributed by atoms with E-state index in [1.807, 2.05) is 0 Å². The summed E-state index contributed by atoms with van der Waals surface area (Å²) in [6.07, 6.45) is 5.18. The Balaban J connectivity index is 1.94. The molecule has 0 atom stereocenters. The number of carbonyl (C=O) groups excluding carboxylic acids is 1. The number of nitrogens with zero attached hydrogens (tertiary/aromatic N) is 2. The zero-order chi connectivity index (χ0) is 15.1. The Morgan fingerprint density at radius 3 is 2.48 bits per heavy atom. The first-order valence-electron chi connectivity index (χ1n) is 6.82. The van der Waals surface area contributed by atoms with Crippen molar-refractivity contribution in [1.82, 2.24) is 9.97 Å². The van der Waals surface area contributed by atoms with E-state index in [1.165, 1.54) is 12.4 Å². The Bertz CT molecular complexity index is 584. The fourth-order valence-corrected chi connectivity index (χ4v) is 1.78. The van der Waals surface area contributed by atoms with Gasteiger partial charge in [0.25, 0.3) is 5.91 Å². The number of rotatable bonds is 6. The van der Waals surface area contributed by atoms with Gasteiger partial charge in [-0.25, -0.2) is 9.97 Å². The summed E-state index contributed by atoms with van der Waals surface area (Å²) in [4.78, 5) is 20.3. The van der Waals surface area contributed by atoms with Crippen LogP contribution in [0.2, 0.25) is 5.02 Å². The zero-order valence-electron chi connectivity index (χ0n) is 11.8. The van der Waals surface area contributed by atoms with Gasteiger partial charge in [-0.15, -0.1) is 0 Å². The maximum atomic E-state index is 12.0. The van der Waals surface area contributed by atoms with Crippen molar-refractivity contribution in [1.29, 1.82) is 0 Å². The van der Waals surface area contributed by atoms with E-state index >= 15 is 0 Å². The Kier molecular flexibility index (Phi) is 5.51. The summed E-state index contributed by atoms with van der Waals surface area (Å²) >= 11 is 5.80. The molecule has 1 aromatic carbocycles. The van der Waals surface area contributed by atoms with Crippen molar-refractivity contribution in [3.8, 4) is 0 Å². The number of carbonyl (C=O) groups is 1. The average Bonchev–Trinajstić information content (AvgIpc) is 2.50. The second-order valence-corrected chi connectivity index (χ2v) is 4.97. The van der Waals surface area contributed by atoms with Gasteiger partial charge in [0, 0.05) is 29.6 Å². The van der Waals surface area contributed by atoms with E-state index in [2.05, 4.69) is 27.5 Å². The second-order valence-electron chi connectivity index (χ2n) is 4.54. The number of anilines is 2. The maximum Gasteiger partial charge on any atom is 0.258 e. The quantitative estimate of drug-likeness (QED) is 0.800. The smallest absolute Gasteiger partial charge is 0.258 e. The van der Waals surface area contributed by atoms with Crippen LogP contribution < -0.4 is 10.6 Å². The summed E-state index contributed by atoms with van der Waals surface area (Å²) < 4.78 is 0. The summed E-state index contributed by atoms with van der Waals surface area (Å²) in [5.74, 6) is 0.281. The van der Waals surface area contributed by atoms with Gasteiger partial charge < -0.3 is 10.6 Å². The van der Waals surface area contributed by atoms with E-state index in [-0.39, 0.29) is 5.91 Å². The van der Waals surface area contributed by atoms with Gasteiger partial charge in [-0.05, 0) is 30.7 Å². The number of benzene rings is 1. The summed E-state index contributed by atoms with van der Waals surface area (Å²) in [7, 11) is 0. The van der Waals surface area contributed by atoms with Crippen molar-refractivity contribution in [2.45, 2.75) is 19.8 Å². The van der Waals surface area contributed by atoms with Crippen LogP contribution in [0.5, 0.6) is 0 Å². The first-order valence-corrected chi connectivity index (χ1v) is 7.19. The number of hydrogen-bond acceptors (Lipinski definition) is 4. The molecule has 5 nitrogen and oxygen atoms in total. The van der Waals surface area contributed by atoms with E-state index in [9.17, 15) is 4.79 Å². The lowest BCUT2D eigenvalue weighted by atomic mass is 10.3. The van der Waals surface area contributed by atoms with E-state index < -0.39 is 0 Å². The number of unbranched alkanes of at least 4 members (excludes halogenated alkanes) is 1. The van der Waals surface area contributed by atoms with Crippen molar-refractivity contribution >= 4 is 29.1 Å². The van der Waals surface area contributed by atoms with Crippen LogP contribution in [-0.2, 0) is 0 Å². The molecule has 0 aliphatic heterocycles. The van der Waals surface area contributed by atoms with Gasteiger partial charge in [0.15, 0.2) is 0 Å². The Morgan fingerprint density at radius 1 is 1.19 bits per heavy atom. The number of halogens is 1. The first-order chi connectivity index (χ1) is 10.2. The highest BCUT2D eigenvalue weighted by Gasteiger charge is 2.07.